The molecule has 0 atom stereocenters. The molecule has 0 bridgehead atoms. The van der Waals surface area contributed by atoms with E-state index in [1.165, 1.54) is 0 Å². The van der Waals surface area contributed by atoms with Crippen LogP contribution in [0, 0.1) is 6.92 Å². The summed E-state index contributed by atoms with van der Waals surface area (Å²) in [5, 5.41) is 4.60. The minimum absolute atomic E-state index is 1.02. The molecule has 0 saturated carbocycles. The molecule has 2 heteroatoms. The average molecular weight is 208 g/mol. The van der Waals surface area contributed by atoms with Crippen molar-refractivity contribution in [3.63, 3.8) is 0 Å². The molecule has 0 amide bonds. The van der Waals surface area contributed by atoms with Gasteiger partial charge in [0.1, 0.15) is 0 Å². The van der Waals surface area contributed by atoms with Gasteiger partial charge in [-0.3, -0.25) is 0 Å². The molecule has 0 aliphatic heterocycles. The number of pyridine rings is 1. The molecular weight excluding hydrogens is 196 g/mol. The van der Waals surface area contributed by atoms with Gasteiger partial charge in [0.25, 0.3) is 0 Å². The predicted octanol–water partition coefficient (Wildman–Crippen LogP) is 3.31. The van der Waals surface area contributed by atoms with Crippen molar-refractivity contribution in [2.75, 3.05) is 0 Å². The van der Waals surface area contributed by atoms with Gasteiger partial charge < -0.3 is 0 Å². The van der Waals surface area contributed by atoms with E-state index in [1.54, 1.807) is 0 Å². The van der Waals surface area contributed by atoms with Gasteiger partial charge in [-0.05, 0) is 25.1 Å². The van der Waals surface area contributed by atoms with E-state index in [9.17, 15) is 0 Å². The van der Waals surface area contributed by atoms with E-state index in [2.05, 4.69) is 48.4 Å². The Balaban J connectivity index is 2.23. The van der Waals surface area contributed by atoms with Crippen molar-refractivity contribution < 1.29 is 0 Å². The van der Waals surface area contributed by atoms with Gasteiger partial charge in [0.2, 0.25) is 0 Å². The molecule has 0 N–H and O–H groups in total. The number of hydrogen-bond donors (Lipinski definition) is 0. The van der Waals surface area contributed by atoms with E-state index in [-0.39, 0.29) is 0 Å². The lowest BCUT2D eigenvalue weighted by Crippen LogP contribution is -1.91. The zero-order valence-electron chi connectivity index (χ0n) is 9.09. The zero-order valence-corrected chi connectivity index (χ0v) is 9.09. The Kier molecular flexibility index (Phi) is 2.00. The summed E-state index contributed by atoms with van der Waals surface area (Å²) < 4.78 is 1.97. The fourth-order valence-electron chi connectivity index (χ4n) is 1.90. The highest BCUT2D eigenvalue weighted by Gasteiger charge is 2.04. The van der Waals surface area contributed by atoms with E-state index in [4.69, 9.17) is 0 Å². The fraction of sp³-hybridized carbons (Fsp3) is 0.0714. The molecule has 16 heavy (non-hydrogen) atoms. The number of aromatic nitrogens is 2. The Hall–Kier alpha value is -2.09. The summed E-state index contributed by atoms with van der Waals surface area (Å²) in [5.41, 5.74) is 4.47. The standard InChI is InChI=1S/C14H12N2/c1-11-6-5-9-13-10-14(15-16(11)13)12-7-3-2-4-8-12/h2-10H,1H3. The molecule has 3 aromatic rings. The number of hydrogen-bond acceptors (Lipinski definition) is 1. The maximum atomic E-state index is 4.60. The topological polar surface area (TPSA) is 17.3 Å². The summed E-state index contributed by atoms with van der Waals surface area (Å²) in [6.45, 7) is 2.06. The normalized spacial score (nSPS) is 10.8. The van der Waals surface area contributed by atoms with Gasteiger partial charge in [-0.25, -0.2) is 4.52 Å². The highest BCUT2D eigenvalue weighted by Crippen LogP contribution is 2.19. The fourth-order valence-corrected chi connectivity index (χ4v) is 1.90. The van der Waals surface area contributed by atoms with Crippen LogP contribution in [-0.2, 0) is 0 Å². The number of fused-ring (bicyclic) bond motifs is 1. The van der Waals surface area contributed by atoms with Gasteiger partial charge >= 0.3 is 0 Å². The summed E-state index contributed by atoms with van der Waals surface area (Å²) in [7, 11) is 0. The van der Waals surface area contributed by atoms with Crippen LogP contribution >= 0.6 is 0 Å². The van der Waals surface area contributed by atoms with Crippen LogP contribution in [0.3, 0.4) is 0 Å². The van der Waals surface area contributed by atoms with Crippen LogP contribution in [0.5, 0.6) is 0 Å². The summed E-state index contributed by atoms with van der Waals surface area (Å²) in [6.07, 6.45) is 0. The Bertz CT molecular complexity index is 624. The average Bonchev–Trinajstić information content (AvgIpc) is 2.76. The van der Waals surface area contributed by atoms with Gasteiger partial charge in [0.15, 0.2) is 0 Å². The third-order valence-corrected chi connectivity index (χ3v) is 2.74. The Morgan fingerprint density at radius 3 is 2.50 bits per heavy atom. The minimum atomic E-state index is 1.02. The lowest BCUT2D eigenvalue weighted by molar-refractivity contribution is 0.918. The van der Waals surface area contributed by atoms with Crippen LogP contribution in [0.4, 0.5) is 0 Å². The van der Waals surface area contributed by atoms with Crippen LogP contribution in [0.15, 0.2) is 54.6 Å². The van der Waals surface area contributed by atoms with E-state index < -0.39 is 0 Å². The van der Waals surface area contributed by atoms with Gasteiger partial charge in [-0.1, -0.05) is 36.4 Å². The van der Waals surface area contributed by atoms with Crippen molar-refractivity contribution in [1.29, 1.82) is 0 Å². The SMILES string of the molecule is Cc1cccc2cc(-c3ccccc3)nn12. The number of benzene rings is 1. The highest BCUT2D eigenvalue weighted by atomic mass is 15.2. The second-order valence-electron chi connectivity index (χ2n) is 3.90. The molecule has 0 aliphatic rings. The second kappa shape index (κ2) is 3.49. The first-order valence-corrected chi connectivity index (χ1v) is 5.35. The first kappa shape index (κ1) is 9.16. The number of rotatable bonds is 1. The molecule has 2 aromatic heterocycles. The van der Waals surface area contributed by atoms with Crippen LogP contribution in [0.25, 0.3) is 16.8 Å². The van der Waals surface area contributed by atoms with Crippen LogP contribution in [-0.4, -0.2) is 9.61 Å². The highest BCUT2D eigenvalue weighted by molar-refractivity contribution is 5.66. The monoisotopic (exact) mass is 208 g/mol. The minimum Gasteiger partial charge on any atom is -0.237 e. The van der Waals surface area contributed by atoms with Crippen molar-refractivity contribution in [1.82, 2.24) is 9.61 Å². The smallest absolute Gasteiger partial charge is 0.0933 e. The molecule has 3 rings (SSSR count). The van der Waals surface area contributed by atoms with Crippen molar-refractivity contribution in [2.45, 2.75) is 6.92 Å². The predicted molar refractivity (Wildman–Crippen MR) is 65.4 cm³/mol. The van der Waals surface area contributed by atoms with Gasteiger partial charge in [-0.2, -0.15) is 5.10 Å². The maximum absolute atomic E-state index is 4.60. The van der Waals surface area contributed by atoms with Crippen molar-refractivity contribution in [2.24, 2.45) is 0 Å². The van der Waals surface area contributed by atoms with Gasteiger partial charge in [-0.15, -0.1) is 0 Å². The molecule has 0 radical (unpaired) electrons. The zero-order chi connectivity index (χ0) is 11.0. The first-order valence-electron chi connectivity index (χ1n) is 5.35. The van der Waals surface area contributed by atoms with Crippen molar-refractivity contribution >= 4 is 5.52 Å². The van der Waals surface area contributed by atoms with Crippen LogP contribution in [0.2, 0.25) is 0 Å². The summed E-state index contributed by atoms with van der Waals surface area (Å²) in [4.78, 5) is 0. The molecule has 0 saturated heterocycles. The van der Waals surface area contributed by atoms with E-state index in [1.807, 2.05) is 22.7 Å². The number of aryl methyl sites for hydroxylation is 1. The summed E-state index contributed by atoms with van der Waals surface area (Å²) in [5.74, 6) is 0. The molecule has 0 spiro atoms. The third-order valence-electron chi connectivity index (χ3n) is 2.74. The molecule has 78 valence electrons. The van der Waals surface area contributed by atoms with E-state index >= 15 is 0 Å². The largest absolute Gasteiger partial charge is 0.237 e. The Labute approximate surface area is 94.2 Å². The quantitative estimate of drug-likeness (QED) is 0.599. The van der Waals surface area contributed by atoms with Gasteiger partial charge in [0, 0.05) is 11.3 Å². The molecule has 0 aliphatic carbocycles. The third kappa shape index (κ3) is 1.39. The molecule has 2 heterocycles. The molecule has 1 aromatic carbocycles. The maximum Gasteiger partial charge on any atom is 0.0933 e. The van der Waals surface area contributed by atoms with E-state index in [0.717, 1.165) is 22.5 Å². The summed E-state index contributed by atoms with van der Waals surface area (Å²) in [6, 6.07) is 18.6. The van der Waals surface area contributed by atoms with Crippen molar-refractivity contribution in [3.05, 3.63) is 60.3 Å². The van der Waals surface area contributed by atoms with Gasteiger partial charge in [0.05, 0.1) is 11.2 Å². The molecule has 0 unspecified atom stereocenters. The second-order valence-corrected chi connectivity index (χ2v) is 3.90. The molecule has 2 nitrogen and oxygen atoms in total. The number of nitrogens with zero attached hydrogens (tertiary/aromatic N) is 2. The lowest BCUT2D eigenvalue weighted by Gasteiger charge is -1.96. The summed E-state index contributed by atoms with van der Waals surface area (Å²) >= 11 is 0. The Morgan fingerprint density at radius 1 is 0.938 bits per heavy atom. The Morgan fingerprint density at radius 2 is 1.75 bits per heavy atom. The lowest BCUT2D eigenvalue weighted by atomic mass is 10.1. The molecule has 0 fully saturated rings. The molecular formula is C14H12N2. The van der Waals surface area contributed by atoms with Crippen LogP contribution in [0.1, 0.15) is 5.69 Å². The van der Waals surface area contributed by atoms with Crippen molar-refractivity contribution in [3.8, 4) is 11.3 Å². The van der Waals surface area contributed by atoms with E-state index in [0.29, 0.717) is 0 Å². The first-order chi connectivity index (χ1) is 7.84. The van der Waals surface area contributed by atoms with Crippen LogP contribution < -0.4 is 0 Å².